The molecule has 0 spiro atoms. The van der Waals surface area contributed by atoms with Gasteiger partial charge in [-0.1, -0.05) is 0 Å². The summed E-state index contributed by atoms with van der Waals surface area (Å²) in [6.45, 7) is 4.41. The summed E-state index contributed by atoms with van der Waals surface area (Å²) in [5.74, 6) is 0.884. The van der Waals surface area contributed by atoms with Gasteiger partial charge in [-0.05, 0) is 25.8 Å². The van der Waals surface area contributed by atoms with Crippen molar-refractivity contribution in [1.29, 1.82) is 0 Å². The van der Waals surface area contributed by atoms with Crippen LogP contribution in [0.3, 0.4) is 0 Å². The Morgan fingerprint density at radius 2 is 2.05 bits per heavy atom. The smallest absolute Gasteiger partial charge is 0.248 e. The van der Waals surface area contributed by atoms with E-state index in [1.54, 1.807) is 12.4 Å². The monoisotopic (exact) mass is 276 g/mol. The van der Waals surface area contributed by atoms with Gasteiger partial charge in [0.05, 0.1) is 12.1 Å². The highest BCUT2D eigenvalue weighted by molar-refractivity contribution is 5.78. The van der Waals surface area contributed by atoms with Crippen LogP contribution in [0.15, 0.2) is 18.5 Å². The molecule has 0 aliphatic carbocycles. The molecule has 108 valence electrons. The minimum Gasteiger partial charge on any atom is -0.372 e. The van der Waals surface area contributed by atoms with Crippen molar-refractivity contribution in [3.63, 3.8) is 0 Å². The van der Waals surface area contributed by atoms with Crippen LogP contribution in [0.1, 0.15) is 19.8 Å². The maximum atomic E-state index is 12.1. The topological polar surface area (TPSA) is 58.6 Å². The van der Waals surface area contributed by atoms with Crippen molar-refractivity contribution in [2.75, 3.05) is 31.2 Å². The van der Waals surface area contributed by atoms with Crippen molar-refractivity contribution in [3.05, 3.63) is 18.5 Å². The number of amides is 1. The molecule has 20 heavy (non-hydrogen) atoms. The first-order chi connectivity index (χ1) is 9.81. The lowest BCUT2D eigenvalue weighted by atomic mass is 10.1. The molecule has 0 saturated carbocycles. The predicted molar refractivity (Wildman–Crippen MR) is 74.4 cm³/mol. The minimum atomic E-state index is 0.107. The zero-order chi connectivity index (χ0) is 13.9. The summed E-state index contributed by atoms with van der Waals surface area (Å²) in [7, 11) is 0. The third-order valence-corrected chi connectivity index (χ3v) is 4.14. The van der Waals surface area contributed by atoms with E-state index in [2.05, 4.69) is 14.9 Å². The summed E-state index contributed by atoms with van der Waals surface area (Å²) in [4.78, 5) is 25.0. The zero-order valence-corrected chi connectivity index (χ0v) is 11.7. The van der Waals surface area contributed by atoms with Crippen LogP contribution in [0.5, 0.6) is 0 Å². The summed E-state index contributed by atoms with van der Waals surface area (Å²) in [5.41, 5.74) is 0. The average molecular weight is 276 g/mol. The van der Waals surface area contributed by atoms with Crippen molar-refractivity contribution in [2.45, 2.75) is 31.8 Å². The highest BCUT2D eigenvalue weighted by Gasteiger charge is 2.45. The first-order valence-corrected chi connectivity index (χ1v) is 7.22. The first kappa shape index (κ1) is 13.3. The lowest BCUT2D eigenvalue weighted by Gasteiger charge is -2.25. The maximum Gasteiger partial charge on any atom is 0.248 e. The molecule has 2 fully saturated rings. The van der Waals surface area contributed by atoms with E-state index in [1.807, 2.05) is 17.9 Å². The van der Waals surface area contributed by atoms with Gasteiger partial charge in [0, 0.05) is 32.1 Å². The Bertz CT molecular complexity index is 468. The van der Waals surface area contributed by atoms with Crippen molar-refractivity contribution in [3.8, 4) is 0 Å². The first-order valence-electron chi connectivity index (χ1n) is 7.22. The van der Waals surface area contributed by atoms with E-state index < -0.39 is 0 Å². The molecule has 6 heteroatoms. The molecule has 2 atom stereocenters. The number of carbonyl (C=O) groups excluding carboxylic acids is 1. The number of hydrogen-bond acceptors (Lipinski definition) is 5. The fraction of sp³-hybridized carbons (Fsp3) is 0.643. The largest absolute Gasteiger partial charge is 0.372 e. The van der Waals surface area contributed by atoms with Gasteiger partial charge in [-0.25, -0.2) is 9.97 Å². The van der Waals surface area contributed by atoms with E-state index >= 15 is 0 Å². The fourth-order valence-corrected chi connectivity index (χ4v) is 3.26. The van der Waals surface area contributed by atoms with Gasteiger partial charge in [0.25, 0.3) is 0 Å². The van der Waals surface area contributed by atoms with Gasteiger partial charge >= 0.3 is 0 Å². The van der Waals surface area contributed by atoms with Crippen LogP contribution >= 0.6 is 0 Å². The predicted octanol–water partition coefficient (Wildman–Crippen LogP) is 0.693. The number of carbonyl (C=O) groups is 1. The van der Waals surface area contributed by atoms with Gasteiger partial charge in [-0.3, -0.25) is 4.79 Å². The van der Waals surface area contributed by atoms with E-state index in [-0.39, 0.29) is 18.6 Å². The molecule has 1 aromatic heterocycles. The van der Waals surface area contributed by atoms with Crippen LogP contribution < -0.4 is 4.90 Å². The molecule has 1 amide bonds. The molecule has 2 aliphatic heterocycles. The molecule has 0 bridgehead atoms. The molecule has 2 saturated heterocycles. The number of ether oxygens (including phenoxy) is 1. The standard InChI is InChI=1S/C14H20N4O2/c1-2-20-10-13(19)17-8-4-12-11(17)5-9-18(12)14-15-6-3-7-16-14/h3,6-7,11-12H,2,4-5,8-10H2,1H3/t11-,12+/m0/s1. The van der Waals surface area contributed by atoms with Gasteiger partial charge in [-0.2, -0.15) is 0 Å². The molecule has 6 nitrogen and oxygen atoms in total. The van der Waals surface area contributed by atoms with E-state index in [4.69, 9.17) is 4.74 Å². The van der Waals surface area contributed by atoms with Crippen LogP contribution in [-0.2, 0) is 9.53 Å². The van der Waals surface area contributed by atoms with Crippen LogP contribution in [0.4, 0.5) is 5.95 Å². The van der Waals surface area contributed by atoms with E-state index in [0.717, 1.165) is 31.9 Å². The van der Waals surface area contributed by atoms with Crippen LogP contribution in [0, 0.1) is 0 Å². The van der Waals surface area contributed by atoms with Crippen LogP contribution in [0.25, 0.3) is 0 Å². The van der Waals surface area contributed by atoms with E-state index in [1.165, 1.54) is 0 Å². The van der Waals surface area contributed by atoms with Crippen molar-refractivity contribution < 1.29 is 9.53 Å². The van der Waals surface area contributed by atoms with Crippen LogP contribution in [-0.4, -0.2) is 59.2 Å². The van der Waals surface area contributed by atoms with Gasteiger partial charge in [0.15, 0.2) is 0 Å². The normalized spacial score (nSPS) is 25.1. The molecular weight excluding hydrogens is 256 g/mol. The molecule has 1 aromatic rings. The SMILES string of the molecule is CCOCC(=O)N1CC[C@@H]2[C@@H]1CCN2c1ncccn1. The Morgan fingerprint density at radius 3 is 2.80 bits per heavy atom. The molecule has 0 unspecified atom stereocenters. The summed E-state index contributed by atoms with van der Waals surface area (Å²) in [6.07, 6.45) is 5.51. The Labute approximate surface area is 118 Å². The average Bonchev–Trinajstić information content (AvgIpc) is 3.07. The number of aromatic nitrogens is 2. The molecule has 0 aromatic carbocycles. The van der Waals surface area contributed by atoms with Crippen molar-refractivity contribution in [1.82, 2.24) is 14.9 Å². The second-order valence-electron chi connectivity index (χ2n) is 5.18. The van der Waals surface area contributed by atoms with E-state index in [9.17, 15) is 4.79 Å². The Balaban J connectivity index is 1.68. The highest BCUT2D eigenvalue weighted by Crippen LogP contribution is 2.33. The van der Waals surface area contributed by atoms with Crippen LogP contribution in [0.2, 0.25) is 0 Å². The van der Waals surface area contributed by atoms with Gasteiger partial charge in [0.1, 0.15) is 6.61 Å². The number of nitrogens with zero attached hydrogens (tertiary/aromatic N) is 4. The molecule has 3 heterocycles. The van der Waals surface area contributed by atoms with Crippen molar-refractivity contribution >= 4 is 11.9 Å². The highest BCUT2D eigenvalue weighted by atomic mass is 16.5. The summed E-state index contributed by atoms with van der Waals surface area (Å²) in [6, 6.07) is 2.46. The van der Waals surface area contributed by atoms with Gasteiger partial charge in [0.2, 0.25) is 11.9 Å². The fourth-order valence-electron chi connectivity index (χ4n) is 3.26. The Hall–Kier alpha value is -1.69. The quantitative estimate of drug-likeness (QED) is 0.810. The molecule has 3 rings (SSSR count). The molecule has 2 aliphatic rings. The third-order valence-electron chi connectivity index (χ3n) is 4.14. The van der Waals surface area contributed by atoms with E-state index in [0.29, 0.717) is 12.6 Å². The van der Waals surface area contributed by atoms with Gasteiger partial charge < -0.3 is 14.5 Å². The summed E-state index contributed by atoms with van der Waals surface area (Å²) < 4.78 is 5.24. The number of anilines is 1. The lowest BCUT2D eigenvalue weighted by molar-refractivity contribution is -0.136. The minimum absolute atomic E-state index is 0.107. The number of fused-ring (bicyclic) bond motifs is 1. The second kappa shape index (κ2) is 5.75. The van der Waals surface area contributed by atoms with Gasteiger partial charge in [-0.15, -0.1) is 0 Å². The zero-order valence-electron chi connectivity index (χ0n) is 11.7. The number of hydrogen-bond donors (Lipinski definition) is 0. The number of likely N-dealkylation sites (tertiary alicyclic amines) is 1. The lowest BCUT2D eigenvalue weighted by Crippen LogP contribution is -2.41. The second-order valence-corrected chi connectivity index (χ2v) is 5.18. The molecular formula is C14H20N4O2. The summed E-state index contributed by atoms with van der Waals surface area (Å²) >= 11 is 0. The Morgan fingerprint density at radius 1 is 1.30 bits per heavy atom. The molecule has 0 radical (unpaired) electrons. The van der Waals surface area contributed by atoms with Crippen molar-refractivity contribution in [2.24, 2.45) is 0 Å². The maximum absolute atomic E-state index is 12.1. The Kier molecular flexibility index (Phi) is 3.82. The molecule has 0 N–H and O–H groups in total. The summed E-state index contributed by atoms with van der Waals surface area (Å²) in [5, 5.41) is 0. The third kappa shape index (κ3) is 2.35. The number of rotatable bonds is 4.